The fraction of sp³-hybridized carbons (Fsp3) is 0.235. The molecule has 6 rings (SSSR count). The number of benzene rings is 3. The third-order valence-corrected chi connectivity index (χ3v) is 9.15. The summed E-state index contributed by atoms with van der Waals surface area (Å²) in [6.45, 7) is 0. The van der Waals surface area contributed by atoms with Gasteiger partial charge in [-0.2, -0.15) is 0 Å². The van der Waals surface area contributed by atoms with E-state index >= 15 is 0 Å². The van der Waals surface area contributed by atoms with Crippen molar-refractivity contribution in [2.45, 2.75) is 36.4 Å². The van der Waals surface area contributed by atoms with Crippen LogP contribution in [-0.2, 0) is 10.2 Å². The molecule has 226 valence electrons. The first kappa shape index (κ1) is 29.6. The molecule has 1 unspecified atom stereocenters. The van der Waals surface area contributed by atoms with Gasteiger partial charge in [0, 0.05) is 28.6 Å². The topological polar surface area (TPSA) is 123 Å². The van der Waals surface area contributed by atoms with E-state index < -0.39 is 41.2 Å². The number of nitrogens with one attached hydrogen (secondary N) is 1. The number of aromatic amines is 1. The van der Waals surface area contributed by atoms with Gasteiger partial charge in [-0.3, -0.25) is 14.3 Å². The first-order valence-electron chi connectivity index (χ1n) is 14.1. The third-order valence-electron chi connectivity index (χ3n) is 8.25. The maximum atomic E-state index is 13.0. The number of aromatic nitrogens is 2. The Kier molecular flexibility index (Phi) is 8.24. The van der Waals surface area contributed by atoms with Crippen LogP contribution in [0.5, 0.6) is 11.5 Å². The lowest BCUT2D eigenvalue weighted by molar-refractivity contribution is -0.0979. The second-order valence-corrected chi connectivity index (χ2v) is 11.5. The highest BCUT2D eigenvalue weighted by molar-refractivity contribution is 7.13. The molecular formula is C34H32N2O7S. The zero-order chi connectivity index (χ0) is 30.8. The molecule has 0 saturated carbocycles. The quantitative estimate of drug-likeness (QED) is 0.212. The van der Waals surface area contributed by atoms with Crippen LogP contribution in [-0.4, -0.2) is 52.3 Å². The molecule has 1 aliphatic heterocycles. The normalized spacial score (nSPS) is 19.0. The van der Waals surface area contributed by atoms with Crippen molar-refractivity contribution in [2.24, 2.45) is 0 Å². The number of aliphatic hydroxyl groups is 2. The van der Waals surface area contributed by atoms with Crippen molar-refractivity contribution in [2.75, 3.05) is 14.2 Å². The molecule has 1 fully saturated rings. The largest absolute Gasteiger partial charge is 0.496 e. The Balaban J connectivity index is 1.53. The van der Waals surface area contributed by atoms with Crippen molar-refractivity contribution in [1.29, 1.82) is 0 Å². The average Bonchev–Trinajstić information content (AvgIpc) is 3.73. The van der Waals surface area contributed by atoms with Crippen LogP contribution in [0, 0.1) is 0 Å². The molecule has 44 heavy (non-hydrogen) atoms. The highest BCUT2D eigenvalue weighted by Gasteiger charge is 2.54. The van der Waals surface area contributed by atoms with Gasteiger partial charge in [0.05, 0.1) is 31.3 Å². The van der Waals surface area contributed by atoms with Crippen LogP contribution < -0.4 is 20.7 Å². The van der Waals surface area contributed by atoms with Crippen LogP contribution in [0.2, 0.25) is 0 Å². The Morgan fingerprint density at radius 2 is 1.52 bits per heavy atom. The molecule has 3 N–H and O–H groups in total. The van der Waals surface area contributed by atoms with Crippen molar-refractivity contribution >= 4 is 11.3 Å². The fourth-order valence-corrected chi connectivity index (χ4v) is 7.01. The summed E-state index contributed by atoms with van der Waals surface area (Å²) in [5.74, 6) is 1.03. The van der Waals surface area contributed by atoms with E-state index in [1.807, 2.05) is 90.3 Å². The van der Waals surface area contributed by atoms with E-state index in [0.29, 0.717) is 38.6 Å². The molecule has 0 bridgehead atoms. The predicted molar refractivity (Wildman–Crippen MR) is 167 cm³/mol. The van der Waals surface area contributed by atoms with Gasteiger partial charge in [0.15, 0.2) is 0 Å². The minimum atomic E-state index is -1.41. The number of rotatable bonds is 9. The lowest BCUT2D eigenvalue weighted by Crippen LogP contribution is -2.51. The number of hydrogen-bond acceptors (Lipinski definition) is 8. The van der Waals surface area contributed by atoms with Gasteiger partial charge in [0.2, 0.25) is 0 Å². The second-order valence-electron chi connectivity index (χ2n) is 10.6. The van der Waals surface area contributed by atoms with E-state index in [1.165, 1.54) is 22.1 Å². The van der Waals surface area contributed by atoms with Crippen LogP contribution in [0.25, 0.3) is 10.4 Å². The van der Waals surface area contributed by atoms with Gasteiger partial charge >= 0.3 is 5.69 Å². The van der Waals surface area contributed by atoms with Gasteiger partial charge in [-0.1, -0.05) is 72.8 Å². The van der Waals surface area contributed by atoms with Crippen molar-refractivity contribution < 1.29 is 24.4 Å². The number of ether oxygens (including phenoxy) is 3. The molecular weight excluding hydrogens is 580 g/mol. The summed E-state index contributed by atoms with van der Waals surface area (Å²) in [7, 11) is 3.13. The van der Waals surface area contributed by atoms with E-state index in [4.69, 9.17) is 14.2 Å². The van der Waals surface area contributed by atoms with Crippen LogP contribution in [0.1, 0.15) is 29.3 Å². The van der Waals surface area contributed by atoms with E-state index in [2.05, 4.69) is 4.98 Å². The average molecular weight is 613 g/mol. The number of para-hydroxylation sites is 2. The number of hydrogen-bond donors (Lipinski definition) is 3. The Morgan fingerprint density at radius 1 is 0.909 bits per heavy atom. The number of aliphatic hydroxyl groups excluding tert-OH is 2. The zero-order valence-corrected chi connectivity index (χ0v) is 24.9. The number of nitrogens with zero attached hydrogens (tertiary/aromatic N) is 1. The van der Waals surface area contributed by atoms with E-state index in [9.17, 15) is 19.8 Å². The molecule has 5 aromatic rings. The van der Waals surface area contributed by atoms with Crippen molar-refractivity contribution in [1.82, 2.24) is 9.55 Å². The van der Waals surface area contributed by atoms with Crippen molar-refractivity contribution in [3.63, 3.8) is 0 Å². The Hall–Kier alpha value is -4.48. The SMILES string of the molecule is COc1ccccc1C(c1ccccc1)(c1ccccc1OC)C(O)[C@H]1O[C@@H](n2cc(-c3cccs3)c(=O)[nH]c2=O)C[C@@H]1O. The van der Waals surface area contributed by atoms with Crippen LogP contribution in [0.4, 0.5) is 0 Å². The van der Waals surface area contributed by atoms with E-state index in [0.717, 1.165) is 0 Å². The van der Waals surface area contributed by atoms with Crippen LogP contribution in [0.15, 0.2) is 112 Å². The highest BCUT2D eigenvalue weighted by Crippen LogP contribution is 2.51. The summed E-state index contributed by atoms with van der Waals surface area (Å²) in [6.07, 6.45) is -3.26. The maximum Gasteiger partial charge on any atom is 0.330 e. The molecule has 1 aliphatic rings. The standard InChI is InChI=1S/C34H32N2O7S/c1-41-26-15-8-6-13-23(26)34(21-11-4-3-5-12-21,24-14-7-9-16-27(24)42-2)31(38)30-25(37)19-29(43-30)36-20-22(28-17-10-18-44-28)32(39)35-33(36)40/h3-18,20,25,29-31,37-38H,19H2,1-2H3,(H,35,39,40)/t25-,29+,30-,31?/m0/s1. The third kappa shape index (κ3) is 4.95. The molecule has 0 aliphatic carbocycles. The number of H-pyrrole nitrogens is 1. The first-order valence-corrected chi connectivity index (χ1v) is 15.0. The number of thiophene rings is 1. The molecule has 1 saturated heterocycles. The minimum absolute atomic E-state index is 0.000274. The molecule has 2 aromatic heterocycles. The lowest BCUT2D eigenvalue weighted by atomic mass is 9.63. The van der Waals surface area contributed by atoms with Gasteiger partial charge < -0.3 is 24.4 Å². The molecule has 10 heteroatoms. The summed E-state index contributed by atoms with van der Waals surface area (Å²) in [6, 6.07) is 27.8. The van der Waals surface area contributed by atoms with Crippen LogP contribution in [0.3, 0.4) is 0 Å². The molecule has 0 spiro atoms. The summed E-state index contributed by atoms with van der Waals surface area (Å²) in [5, 5.41) is 26.0. The Bertz CT molecular complexity index is 1800. The molecule has 0 radical (unpaired) electrons. The van der Waals surface area contributed by atoms with Gasteiger partial charge in [-0.15, -0.1) is 11.3 Å². The van der Waals surface area contributed by atoms with E-state index in [1.54, 1.807) is 20.3 Å². The Labute approximate surface area is 257 Å². The smallest absolute Gasteiger partial charge is 0.330 e. The fourth-order valence-electron chi connectivity index (χ4n) is 6.27. The Morgan fingerprint density at radius 3 is 2.11 bits per heavy atom. The van der Waals surface area contributed by atoms with Gasteiger partial charge in [-0.05, 0) is 29.1 Å². The minimum Gasteiger partial charge on any atom is -0.496 e. The summed E-state index contributed by atoms with van der Waals surface area (Å²) < 4.78 is 19.3. The van der Waals surface area contributed by atoms with Gasteiger partial charge in [0.25, 0.3) is 5.56 Å². The monoisotopic (exact) mass is 612 g/mol. The zero-order valence-electron chi connectivity index (χ0n) is 24.1. The molecule has 9 nitrogen and oxygen atoms in total. The van der Waals surface area contributed by atoms with Crippen molar-refractivity contribution in [3.05, 3.63) is 140 Å². The maximum absolute atomic E-state index is 13.0. The summed E-state index contributed by atoms with van der Waals surface area (Å²) in [4.78, 5) is 28.7. The van der Waals surface area contributed by atoms with Crippen LogP contribution >= 0.6 is 11.3 Å². The molecule has 0 amide bonds. The van der Waals surface area contributed by atoms with Crippen molar-refractivity contribution in [3.8, 4) is 21.9 Å². The van der Waals surface area contributed by atoms with Gasteiger partial charge in [-0.25, -0.2) is 4.79 Å². The molecule has 4 atom stereocenters. The predicted octanol–water partition coefficient (Wildman–Crippen LogP) is 4.33. The van der Waals surface area contributed by atoms with E-state index in [-0.39, 0.29) is 6.42 Å². The summed E-state index contributed by atoms with van der Waals surface area (Å²) >= 11 is 1.37. The second kappa shape index (κ2) is 12.3. The first-order chi connectivity index (χ1) is 21.4. The highest BCUT2D eigenvalue weighted by atomic mass is 32.1. The molecule has 3 heterocycles. The molecule has 3 aromatic carbocycles. The number of methoxy groups -OCH3 is 2. The summed E-state index contributed by atoms with van der Waals surface area (Å²) in [5.41, 5.74) is -0.271. The van der Waals surface area contributed by atoms with Gasteiger partial charge in [0.1, 0.15) is 29.9 Å². The lowest BCUT2D eigenvalue weighted by Gasteiger charge is -2.43.